The van der Waals surface area contributed by atoms with Gasteiger partial charge in [-0.25, -0.2) is 0 Å². The largest absolute Gasteiger partial charge is 0.361 e. The molecule has 0 aliphatic carbocycles. The Hall–Kier alpha value is -1.58. The number of rotatable bonds is 2. The van der Waals surface area contributed by atoms with Crippen LogP contribution in [-0.2, 0) is 0 Å². The zero-order chi connectivity index (χ0) is 13.7. The lowest BCUT2D eigenvalue weighted by atomic mass is 10.4. The summed E-state index contributed by atoms with van der Waals surface area (Å²) in [7, 11) is 0. The standard InChI is InChI=1S/C11H6BrN5OS2/c1-5-4-6(16-18-5)10-15-17-9(13-14-11(17)20-10)7-2-3-8(12)19-7/h2-4H,1H3. The Labute approximate surface area is 129 Å². The predicted molar refractivity (Wildman–Crippen MR) is 79.9 cm³/mol. The lowest BCUT2D eigenvalue weighted by Gasteiger charge is -1.89. The maximum Gasteiger partial charge on any atom is 0.235 e. The van der Waals surface area contributed by atoms with Crippen LogP contribution in [0.5, 0.6) is 0 Å². The van der Waals surface area contributed by atoms with E-state index in [2.05, 4.69) is 36.4 Å². The van der Waals surface area contributed by atoms with Gasteiger partial charge < -0.3 is 4.52 Å². The fraction of sp³-hybridized carbons (Fsp3) is 0.0909. The molecule has 0 radical (unpaired) electrons. The quantitative estimate of drug-likeness (QED) is 0.540. The molecule has 0 bridgehead atoms. The SMILES string of the molecule is Cc1cc(-c2nn3c(-c4ccc(Br)s4)nnc3s2)no1. The van der Waals surface area contributed by atoms with E-state index in [-0.39, 0.29) is 0 Å². The summed E-state index contributed by atoms with van der Waals surface area (Å²) in [4.78, 5) is 1.75. The van der Waals surface area contributed by atoms with Crippen molar-refractivity contribution in [1.29, 1.82) is 0 Å². The minimum absolute atomic E-state index is 0.719. The van der Waals surface area contributed by atoms with Crippen molar-refractivity contribution in [1.82, 2.24) is 25.0 Å². The van der Waals surface area contributed by atoms with E-state index < -0.39 is 0 Å². The van der Waals surface area contributed by atoms with Gasteiger partial charge in [-0.05, 0) is 35.0 Å². The van der Waals surface area contributed by atoms with Crippen molar-refractivity contribution in [2.24, 2.45) is 0 Å². The van der Waals surface area contributed by atoms with Gasteiger partial charge in [0, 0.05) is 6.07 Å². The number of hydrogen-bond acceptors (Lipinski definition) is 7. The van der Waals surface area contributed by atoms with Crippen LogP contribution in [0.4, 0.5) is 0 Å². The maximum atomic E-state index is 5.08. The molecule has 0 aliphatic rings. The number of fused-ring (bicyclic) bond motifs is 1. The molecule has 100 valence electrons. The second-order valence-electron chi connectivity index (χ2n) is 4.05. The van der Waals surface area contributed by atoms with Crippen LogP contribution in [0.3, 0.4) is 0 Å². The highest BCUT2D eigenvalue weighted by Crippen LogP contribution is 2.32. The van der Waals surface area contributed by atoms with Crippen LogP contribution in [0, 0.1) is 6.92 Å². The molecule has 4 rings (SSSR count). The molecule has 0 N–H and O–H groups in total. The second-order valence-corrected chi connectivity index (χ2v) is 7.47. The first-order valence-corrected chi connectivity index (χ1v) is 8.05. The number of aromatic nitrogens is 5. The molecule has 0 spiro atoms. The molecule has 0 atom stereocenters. The minimum Gasteiger partial charge on any atom is -0.361 e. The molecule has 9 heteroatoms. The Morgan fingerprint density at radius 2 is 2.15 bits per heavy atom. The van der Waals surface area contributed by atoms with Crippen LogP contribution in [0.15, 0.2) is 26.5 Å². The van der Waals surface area contributed by atoms with Gasteiger partial charge >= 0.3 is 0 Å². The first-order valence-electron chi connectivity index (χ1n) is 5.62. The van der Waals surface area contributed by atoms with Gasteiger partial charge in [-0.2, -0.15) is 9.61 Å². The number of hydrogen-bond donors (Lipinski definition) is 0. The average molecular weight is 368 g/mol. The smallest absolute Gasteiger partial charge is 0.235 e. The summed E-state index contributed by atoms with van der Waals surface area (Å²) >= 11 is 6.48. The highest BCUT2D eigenvalue weighted by Gasteiger charge is 2.17. The zero-order valence-electron chi connectivity index (χ0n) is 10.1. The van der Waals surface area contributed by atoms with E-state index in [1.54, 1.807) is 15.9 Å². The lowest BCUT2D eigenvalue weighted by molar-refractivity contribution is 0.399. The molecule has 4 aromatic rings. The van der Waals surface area contributed by atoms with Gasteiger partial charge in [0.2, 0.25) is 4.96 Å². The number of aryl methyl sites for hydroxylation is 1. The molecular weight excluding hydrogens is 362 g/mol. The van der Waals surface area contributed by atoms with E-state index >= 15 is 0 Å². The van der Waals surface area contributed by atoms with Gasteiger partial charge in [-0.15, -0.1) is 21.5 Å². The van der Waals surface area contributed by atoms with E-state index in [0.717, 1.165) is 35.9 Å². The molecule has 20 heavy (non-hydrogen) atoms. The number of nitrogens with zero attached hydrogens (tertiary/aromatic N) is 5. The third-order valence-electron chi connectivity index (χ3n) is 2.63. The number of thiophene rings is 1. The summed E-state index contributed by atoms with van der Waals surface area (Å²) < 4.78 is 7.86. The Morgan fingerprint density at radius 1 is 1.25 bits per heavy atom. The molecule has 0 saturated carbocycles. The van der Waals surface area contributed by atoms with Crippen LogP contribution >= 0.6 is 38.6 Å². The Balaban J connectivity index is 1.86. The van der Waals surface area contributed by atoms with E-state index in [4.69, 9.17) is 4.52 Å². The molecule has 0 unspecified atom stereocenters. The maximum absolute atomic E-state index is 5.08. The van der Waals surface area contributed by atoms with Crippen LogP contribution in [0.25, 0.3) is 26.4 Å². The van der Waals surface area contributed by atoms with Crippen molar-refractivity contribution in [3.63, 3.8) is 0 Å². The van der Waals surface area contributed by atoms with Crippen molar-refractivity contribution < 1.29 is 4.52 Å². The highest BCUT2D eigenvalue weighted by atomic mass is 79.9. The molecular formula is C11H6BrN5OS2. The molecule has 0 saturated heterocycles. The third-order valence-corrected chi connectivity index (χ3v) is 5.17. The molecule has 0 amide bonds. The minimum atomic E-state index is 0.719. The van der Waals surface area contributed by atoms with Crippen molar-refractivity contribution in [2.75, 3.05) is 0 Å². The van der Waals surface area contributed by atoms with E-state index in [9.17, 15) is 0 Å². The first kappa shape index (κ1) is 12.2. The Bertz CT molecular complexity index is 905. The monoisotopic (exact) mass is 367 g/mol. The third kappa shape index (κ3) is 1.89. The van der Waals surface area contributed by atoms with Gasteiger partial charge in [-0.3, -0.25) is 0 Å². The molecule has 0 fully saturated rings. The molecule has 4 heterocycles. The Morgan fingerprint density at radius 3 is 2.85 bits per heavy atom. The summed E-state index contributed by atoms with van der Waals surface area (Å²) in [5, 5.41) is 17.6. The van der Waals surface area contributed by atoms with Crippen molar-refractivity contribution in [2.45, 2.75) is 6.92 Å². The van der Waals surface area contributed by atoms with E-state index in [0.29, 0.717) is 0 Å². The summed E-state index contributed by atoms with van der Waals surface area (Å²) in [6, 6.07) is 5.83. The van der Waals surface area contributed by atoms with Gasteiger partial charge in [0.25, 0.3) is 0 Å². The van der Waals surface area contributed by atoms with Gasteiger partial charge in [-0.1, -0.05) is 16.5 Å². The fourth-order valence-electron chi connectivity index (χ4n) is 1.78. The zero-order valence-corrected chi connectivity index (χ0v) is 13.3. The Kier molecular flexibility index (Phi) is 2.72. The van der Waals surface area contributed by atoms with Crippen LogP contribution in [0.1, 0.15) is 5.76 Å². The van der Waals surface area contributed by atoms with Crippen molar-refractivity contribution in [3.05, 3.63) is 27.7 Å². The summed E-state index contributed by atoms with van der Waals surface area (Å²) in [5.41, 5.74) is 0.719. The van der Waals surface area contributed by atoms with E-state index in [1.807, 2.05) is 25.1 Å². The molecule has 6 nitrogen and oxygen atoms in total. The van der Waals surface area contributed by atoms with Crippen molar-refractivity contribution in [3.8, 4) is 21.4 Å². The molecule has 4 aromatic heterocycles. The van der Waals surface area contributed by atoms with E-state index in [1.165, 1.54) is 11.3 Å². The molecule has 0 aliphatic heterocycles. The normalized spacial score (nSPS) is 11.5. The number of halogens is 1. The van der Waals surface area contributed by atoms with Crippen LogP contribution < -0.4 is 0 Å². The summed E-state index contributed by atoms with van der Waals surface area (Å²) in [6.07, 6.45) is 0. The highest BCUT2D eigenvalue weighted by molar-refractivity contribution is 9.11. The van der Waals surface area contributed by atoms with Gasteiger partial charge in [0.15, 0.2) is 10.8 Å². The van der Waals surface area contributed by atoms with Crippen LogP contribution in [0.2, 0.25) is 0 Å². The van der Waals surface area contributed by atoms with Crippen LogP contribution in [-0.4, -0.2) is 25.0 Å². The lowest BCUT2D eigenvalue weighted by Crippen LogP contribution is -1.88. The topological polar surface area (TPSA) is 69.1 Å². The van der Waals surface area contributed by atoms with Gasteiger partial charge in [0.1, 0.15) is 11.5 Å². The average Bonchev–Trinajstić information content (AvgIpc) is 3.11. The molecule has 0 aromatic carbocycles. The predicted octanol–water partition coefficient (Wildman–Crippen LogP) is 3.64. The van der Waals surface area contributed by atoms with Gasteiger partial charge in [0.05, 0.1) is 8.66 Å². The van der Waals surface area contributed by atoms with Crippen molar-refractivity contribution >= 4 is 43.6 Å². The fourth-order valence-corrected chi connectivity index (χ4v) is 3.92. The second kappa shape index (κ2) is 4.47. The summed E-state index contributed by atoms with van der Waals surface area (Å²) in [6.45, 7) is 1.85. The summed E-state index contributed by atoms with van der Waals surface area (Å²) in [5.74, 6) is 1.49. The first-order chi connectivity index (χ1) is 9.70.